The van der Waals surface area contributed by atoms with Crippen molar-refractivity contribution in [3.63, 3.8) is 0 Å². The van der Waals surface area contributed by atoms with Crippen LogP contribution >= 0.6 is 11.3 Å². The minimum absolute atomic E-state index is 0.00910. The summed E-state index contributed by atoms with van der Waals surface area (Å²) in [5.41, 5.74) is 0.975. The van der Waals surface area contributed by atoms with Crippen molar-refractivity contribution in [1.29, 1.82) is 0 Å². The van der Waals surface area contributed by atoms with Gasteiger partial charge in [0.1, 0.15) is 5.75 Å². The van der Waals surface area contributed by atoms with Crippen molar-refractivity contribution in [3.05, 3.63) is 58.0 Å². The first kappa shape index (κ1) is 15.5. The Kier molecular flexibility index (Phi) is 4.57. The van der Waals surface area contributed by atoms with Gasteiger partial charge in [0.05, 0.1) is 17.2 Å². The SMILES string of the molecule is Cc1nc(C)c(CNC(=O)COc2ccc3ccccc3c2)s1. The lowest BCUT2D eigenvalue weighted by Crippen LogP contribution is -2.28. The van der Waals surface area contributed by atoms with Crippen LogP contribution in [0.5, 0.6) is 5.75 Å². The lowest BCUT2D eigenvalue weighted by molar-refractivity contribution is -0.123. The summed E-state index contributed by atoms with van der Waals surface area (Å²) in [4.78, 5) is 17.4. The topological polar surface area (TPSA) is 51.2 Å². The molecule has 0 saturated carbocycles. The summed E-state index contributed by atoms with van der Waals surface area (Å²) in [7, 11) is 0. The number of nitrogens with zero attached hydrogens (tertiary/aromatic N) is 1. The third-order valence-corrected chi connectivity index (χ3v) is 4.61. The van der Waals surface area contributed by atoms with Crippen LogP contribution < -0.4 is 10.1 Å². The Bertz CT molecular complexity index is 842. The Labute approximate surface area is 139 Å². The van der Waals surface area contributed by atoms with Crippen LogP contribution in [-0.4, -0.2) is 17.5 Å². The minimum atomic E-state index is -0.136. The summed E-state index contributed by atoms with van der Waals surface area (Å²) >= 11 is 1.61. The van der Waals surface area contributed by atoms with Gasteiger partial charge >= 0.3 is 0 Å². The Hall–Kier alpha value is -2.40. The van der Waals surface area contributed by atoms with Crippen LogP contribution in [0.4, 0.5) is 0 Å². The van der Waals surface area contributed by atoms with E-state index in [-0.39, 0.29) is 12.5 Å². The molecule has 0 saturated heterocycles. The molecule has 2 aromatic carbocycles. The summed E-state index contributed by atoms with van der Waals surface area (Å²) in [6.07, 6.45) is 0. The molecule has 118 valence electrons. The fourth-order valence-corrected chi connectivity index (χ4v) is 3.25. The Morgan fingerprint density at radius 2 is 1.96 bits per heavy atom. The van der Waals surface area contributed by atoms with Crippen LogP contribution in [0.15, 0.2) is 42.5 Å². The molecule has 0 aliphatic rings. The zero-order valence-electron chi connectivity index (χ0n) is 13.1. The maximum Gasteiger partial charge on any atom is 0.258 e. The Morgan fingerprint density at radius 3 is 2.70 bits per heavy atom. The molecule has 3 aromatic rings. The number of aromatic nitrogens is 1. The lowest BCUT2D eigenvalue weighted by atomic mass is 10.1. The van der Waals surface area contributed by atoms with Gasteiger partial charge < -0.3 is 10.1 Å². The molecule has 0 aliphatic carbocycles. The van der Waals surface area contributed by atoms with E-state index in [9.17, 15) is 4.79 Å². The molecule has 0 fully saturated rings. The first-order valence-corrected chi connectivity index (χ1v) is 8.24. The maximum atomic E-state index is 11.9. The second-order valence-corrected chi connectivity index (χ2v) is 6.60. The summed E-state index contributed by atoms with van der Waals surface area (Å²) in [5.74, 6) is 0.562. The summed E-state index contributed by atoms with van der Waals surface area (Å²) in [6, 6.07) is 13.9. The summed E-state index contributed by atoms with van der Waals surface area (Å²) in [5, 5.41) is 6.13. The van der Waals surface area contributed by atoms with Crippen molar-refractivity contribution in [2.75, 3.05) is 6.61 Å². The van der Waals surface area contributed by atoms with Gasteiger partial charge in [-0.05, 0) is 36.8 Å². The molecular weight excluding hydrogens is 308 g/mol. The number of carbonyl (C=O) groups is 1. The monoisotopic (exact) mass is 326 g/mol. The van der Waals surface area contributed by atoms with E-state index in [1.54, 1.807) is 11.3 Å². The van der Waals surface area contributed by atoms with E-state index >= 15 is 0 Å². The highest BCUT2D eigenvalue weighted by atomic mass is 32.1. The van der Waals surface area contributed by atoms with Crippen LogP contribution in [0, 0.1) is 13.8 Å². The summed E-state index contributed by atoms with van der Waals surface area (Å²) in [6.45, 7) is 4.43. The molecule has 1 N–H and O–H groups in total. The van der Waals surface area contributed by atoms with Crippen molar-refractivity contribution < 1.29 is 9.53 Å². The third-order valence-electron chi connectivity index (χ3n) is 3.54. The Morgan fingerprint density at radius 1 is 1.17 bits per heavy atom. The number of fused-ring (bicyclic) bond motifs is 1. The van der Waals surface area contributed by atoms with Gasteiger partial charge in [0.2, 0.25) is 0 Å². The van der Waals surface area contributed by atoms with Crippen LogP contribution in [0.3, 0.4) is 0 Å². The predicted molar refractivity (Wildman–Crippen MR) is 92.9 cm³/mol. The molecule has 23 heavy (non-hydrogen) atoms. The van der Waals surface area contributed by atoms with Crippen molar-refractivity contribution in [2.45, 2.75) is 20.4 Å². The van der Waals surface area contributed by atoms with Gasteiger partial charge in [0, 0.05) is 4.88 Å². The number of rotatable bonds is 5. The van der Waals surface area contributed by atoms with Gasteiger partial charge in [-0.2, -0.15) is 0 Å². The second kappa shape index (κ2) is 6.79. The van der Waals surface area contributed by atoms with Crippen LogP contribution in [0.2, 0.25) is 0 Å². The van der Waals surface area contributed by atoms with Gasteiger partial charge in [-0.25, -0.2) is 4.98 Å². The first-order chi connectivity index (χ1) is 11.1. The average Bonchev–Trinajstić information content (AvgIpc) is 2.88. The highest BCUT2D eigenvalue weighted by Gasteiger charge is 2.08. The van der Waals surface area contributed by atoms with E-state index in [0.29, 0.717) is 12.3 Å². The normalized spacial score (nSPS) is 10.7. The smallest absolute Gasteiger partial charge is 0.258 e. The van der Waals surface area contributed by atoms with E-state index in [4.69, 9.17) is 4.74 Å². The molecule has 0 atom stereocenters. The summed E-state index contributed by atoms with van der Waals surface area (Å²) < 4.78 is 5.58. The molecule has 1 amide bonds. The molecule has 3 rings (SSSR count). The van der Waals surface area contributed by atoms with Gasteiger partial charge in [-0.1, -0.05) is 30.3 Å². The van der Waals surface area contributed by atoms with E-state index in [1.807, 2.05) is 56.3 Å². The fourth-order valence-electron chi connectivity index (χ4n) is 2.37. The third kappa shape index (κ3) is 3.87. The Balaban J connectivity index is 1.54. The standard InChI is InChI=1S/C18H18N2O2S/c1-12-17(23-13(2)20-12)10-19-18(21)11-22-16-8-7-14-5-3-4-6-15(14)9-16/h3-9H,10-11H2,1-2H3,(H,19,21). The molecule has 0 radical (unpaired) electrons. The second-order valence-electron chi connectivity index (χ2n) is 5.32. The largest absolute Gasteiger partial charge is 0.484 e. The molecule has 5 heteroatoms. The van der Waals surface area contributed by atoms with E-state index in [1.165, 1.54) is 0 Å². The molecule has 4 nitrogen and oxygen atoms in total. The molecule has 1 aromatic heterocycles. The van der Waals surface area contributed by atoms with Crippen LogP contribution in [0.25, 0.3) is 10.8 Å². The molecule has 0 aliphatic heterocycles. The molecule has 1 heterocycles. The lowest BCUT2D eigenvalue weighted by Gasteiger charge is -2.08. The first-order valence-electron chi connectivity index (χ1n) is 7.43. The number of aryl methyl sites for hydroxylation is 2. The van der Waals surface area contributed by atoms with Gasteiger partial charge in [0.15, 0.2) is 6.61 Å². The number of ether oxygens (including phenoxy) is 1. The van der Waals surface area contributed by atoms with Crippen LogP contribution in [0.1, 0.15) is 15.6 Å². The predicted octanol–water partition coefficient (Wildman–Crippen LogP) is 3.61. The molecule has 0 spiro atoms. The average molecular weight is 326 g/mol. The number of hydrogen-bond acceptors (Lipinski definition) is 4. The highest BCUT2D eigenvalue weighted by Crippen LogP contribution is 2.20. The number of carbonyl (C=O) groups excluding carboxylic acids is 1. The number of thiazole rings is 1. The van der Waals surface area contributed by atoms with Crippen molar-refractivity contribution in [2.24, 2.45) is 0 Å². The van der Waals surface area contributed by atoms with Crippen molar-refractivity contribution in [3.8, 4) is 5.75 Å². The van der Waals surface area contributed by atoms with E-state index < -0.39 is 0 Å². The van der Waals surface area contributed by atoms with Gasteiger partial charge in [-0.3, -0.25) is 4.79 Å². The molecule has 0 unspecified atom stereocenters. The fraction of sp³-hybridized carbons (Fsp3) is 0.222. The number of benzene rings is 2. The minimum Gasteiger partial charge on any atom is -0.484 e. The van der Waals surface area contributed by atoms with Gasteiger partial charge in [0.25, 0.3) is 5.91 Å². The van der Waals surface area contributed by atoms with E-state index in [2.05, 4.69) is 10.3 Å². The quantitative estimate of drug-likeness (QED) is 0.779. The number of nitrogens with one attached hydrogen (secondary N) is 1. The van der Waals surface area contributed by atoms with Gasteiger partial charge in [-0.15, -0.1) is 11.3 Å². The number of hydrogen-bond donors (Lipinski definition) is 1. The van der Waals surface area contributed by atoms with E-state index in [0.717, 1.165) is 26.4 Å². The zero-order valence-corrected chi connectivity index (χ0v) is 13.9. The van der Waals surface area contributed by atoms with Crippen molar-refractivity contribution in [1.82, 2.24) is 10.3 Å². The highest BCUT2D eigenvalue weighted by molar-refractivity contribution is 7.11. The number of amides is 1. The zero-order chi connectivity index (χ0) is 16.2. The van der Waals surface area contributed by atoms with Crippen LogP contribution in [-0.2, 0) is 11.3 Å². The molecular formula is C18H18N2O2S. The maximum absolute atomic E-state index is 11.9. The van der Waals surface area contributed by atoms with Crippen molar-refractivity contribution >= 4 is 28.0 Å². The molecule has 0 bridgehead atoms.